The molecule has 1 saturated carbocycles. The summed E-state index contributed by atoms with van der Waals surface area (Å²) in [5.41, 5.74) is -3.39. The molecule has 2 fully saturated rings. The van der Waals surface area contributed by atoms with Crippen LogP contribution in [0.2, 0.25) is 0 Å². The van der Waals surface area contributed by atoms with Crippen LogP contribution in [0.1, 0.15) is 26.2 Å². The molecule has 0 spiro atoms. The molecule has 1 aliphatic carbocycles. The summed E-state index contributed by atoms with van der Waals surface area (Å²) in [5, 5.41) is 18.1. The summed E-state index contributed by atoms with van der Waals surface area (Å²) in [6.45, 7) is 1.87. The zero-order valence-electron chi connectivity index (χ0n) is 8.23. The molecule has 0 amide bonds. The average Bonchev–Trinajstić information content (AvgIpc) is 2.10. The Morgan fingerprint density at radius 3 is 2.13 bits per heavy atom. The van der Waals surface area contributed by atoms with Crippen molar-refractivity contribution in [3.8, 4) is 0 Å². The highest BCUT2D eigenvalue weighted by atomic mass is 17.3. The highest BCUT2D eigenvalue weighted by Gasteiger charge is 2.75. The molecular weight excluding hydrogens is 204 g/mol. The average molecular weight is 216 g/mol. The second-order valence-electron chi connectivity index (χ2n) is 4.28. The Kier molecular flexibility index (Phi) is 2.03. The minimum atomic E-state index is -1.70. The van der Waals surface area contributed by atoms with Gasteiger partial charge in [-0.25, -0.2) is 19.4 Å². The molecule has 84 valence electrons. The van der Waals surface area contributed by atoms with Crippen LogP contribution in [-0.4, -0.2) is 33.4 Å². The summed E-state index contributed by atoms with van der Waals surface area (Å²) in [4.78, 5) is 31.5. The van der Waals surface area contributed by atoms with E-state index in [9.17, 15) is 9.59 Å². The van der Waals surface area contributed by atoms with Crippen LogP contribution in [0.5, 0.6) is 0 Å². The van der Waals surface area contributed by atoms with Crippen LogP contribution >= 0.6 is 0 Å². The van der Waals surface area contributed by atoms with Gasteiger partial charge >= 0.3 is 11.9 Å². The van der Waals surface area contributed by atoms with Crippen molar-refractivity contribution >= 4 is 11.9 Å². The summed E-state index contributed by atoms with van der Waals surface area (Å²) in [6, 6.07) is 0. The maximum atomic E-state index is 11.1. The summed E-state index contributed by atoms with van der Waals surface area (Å²) in [6.07, 6.45) is 0.981. The Hall–Kier alpha value is -1.14. The number of carboxylic acids is 2. The first kappa shape index (κ1) is 10.4. The Bertz CT molecular complexity index is 327. The van der Waals surface area contributed by atoms with Crippen molar-refractivity contribution < 1.29 is 29.6 Å². The van der Waals surface area contributed by atoms with Gasteiger partial charge in [-0.1, -0.05) is 6.92 Å². The van der Waals surface area contributed by atoms with Crippen LogP contribution in [0.25, 0.3) is 0 Å². The first-order valence-corrected chi connectivity index (χ1v) is 4.78. The fraction of sp³-hybridized carbons (Fsp3) is 0.778. The highest BCUT2D eigenvalue weighted by molar-refractivity contribution is 5.92. The topological polar surface area (TPSA) is 93.1 Å². The lowest BCUT2D eigenvalue weighted by Gasteiger charge is -2.54. The van der Waals surface area contributed by atoms with Crippen molar-refractivity contribution in [2.45, 2.75) is 37.4 Å². The Morgan fingerprint density at radius 2 is 1.73 bits per heavy atom. The summed E-state index contributed by atoms with van der Waals surface area (Å²) < 4.78 is 0. The van der Waals surface area contributed by atoms with E-state index in [1.807, 2.05) is 6.92 Å². The van der Waals surface area contributed by atoms with E-state index in [4.69, 9.17) is 10.2 Å². The predicted octanol–water partition coefficient (Wildman–Crippen LogP) is 0.415. The van der Waals surface area contributed by atoms with E-state index in [0.29, 0.717) is 6.42 Å². The second kappa shape index (κ2) is 2.93. The summed E-state index contributed by atoms with van der Waals surface area (Å²) >= 11 is 0. The third-order valence-electron chi connectivity index (χ3n) is 3.29. The van der Waals surface area contributed by atoms with E-state index in [2.05, 4.69) is 9.78 Å². The molecule has 15 heavy (non-hydrogen) atoms. The van der Waals surface area contributed by atoms with E-state index in [1.165, 1.54) is 0 Å². The predicted molar refractivity (Wildman–Crippen MR) is 45.9 cm³/mol. The van der Waals surface area contributed by atoms with Crippen LogP contribution in [0.15, 0.2) is 0 Å². The van der Waals surface area contributed by atoms with Crippen LogP contribution < -0.4 is 0 Å². The molecule has 1 aliphatic heterocycles. The van der Waals surface area contributed by atoms with E-state index >= 15 is 0 Å². The van der Waals surface area contributed by atoms with E-state index in [0.717, 1.165) is 0 Å². The van der Waals surface area contributed by atoms with Crippen molar-refractivity contribution in [3.63, 3.8) is 0 Å². The SMILES string of the molecule is CC1CCC2(C(=O)O)OOC2(C(=O)O)C1. The molecule has 2 aliphatic rings. The fourth-order valence-corrected chi connectivity index (χ4v) is 2.34. The number of carbonyl (C=O) groups is 2. The molecule has 3 atom stereocenters. The number of hydrogen-bond acceptors (Lipinski definition) is 4. The van der Waals surface area contributed by atoms with Crippen molar-refractivity contribution in [1.29, 1.82) is 0 Å². The monoisotopic (exact) mass is 216 g/mol. The molecule has 6 heteroatoms. The normalized spacial score (nSPS) is 43.9. The Labute approximate surface area is 85.7 Å². The fourth-order valence-electron chi connectivity index (χ4n) is 2.34. The molecule has 3 unspecified atom stereocenters. The molecule has 0 aromatic heterocycles. The van der Waals surface area contributed by atoms with Crippen LogP contribution in [0.3, 0.4) is 0 Å². The zero-order valence-corrected chi connectivity index (χ0v) is 8.23. The number of rotatable bonds is 2. The lowest BCUT2D eigenvalue weighted by atomic mass is 9.66. The number of carboxylic acid groups (broad SMARTS) is 2. The maximum absolute atomic E-state index is 11.1. The molecule has 2 rings (SSSR count). The minimum absolute atomic E-state index is 0.123. The van der Waals surface area contributed by atoms with E-state index in [1.54, 1.807) is 0 Å². The lowest BCUT2D eigenvalue weighted by Crippen LogP contribution is -2.76. The minimum Gasteiger partial charge on any atom is -0.479 e. The van der Waals surface area contributed by atoms with Gasteiger partial charge in [0.15, 0.2) is 0 Å². The highest BCUT2D eigenvalue weighted by Crippen LogP contribution is 2.52. The van der Waals surface area contributed by atoms with Gasteiger partial charge < -0.3 is 10.2 Å². The van der Waals surface area contributed by atoms with Crippen molar-refractivity contribution in [2.75, 3.05) is 0 Å². The van der Waals surface area contributed by atoms with Gasteiger partial charge in [-0.2, -0.15) is 0 Å². The van der Waals surface area contributed by atoms with Gasteiger partial charge in [0.05, 0.1) is 0 Å². The number of fused-ring (bicyclic) bond motifs is 1. The third-order valence-corrected chi connectivity index (χ3v) is 3.29. The Morgan fingerprint density at radius 1 is 1.20 bits per heavy atom. The van der Waals surface area contributed by atoms with Crippen LogP contribution in [0.4, 0.5) is 0 Å². The molecule has 2 N–H and O–H groups in total. The van der Waals surface area contributed by atoms with Gasteiger partial charge in [0.25, 0.3) is 0 Å². The third kappa shape index (κ3) is 1.06. The molecule has 6 nitrogen and oxygen atoms in total. The van der Waals surface area contributed by atoms with Gasteiger partial charge in [0, 0.05) is 0 Å². The van der Waals surface area contributed by atoms with Crippen LogP contribution in [0, 0.1) is 5.92 Å². The smallest absolute Gasteiger partial charge is 0.343 e. The van der Waals surface area contributed by atoms with E-state index < -0.39 is 23.1 Å². The van der Waals surface area contributed by atoms with Crippen molar-refractivity contribution in [3.05, 3.63) is 0 Å². The summed E-state index contributed by atoms with van der Waals surface area (Å²) in [7, 11) is 0. The molecule has 1 saturated heterocycles. The van der Waals surface area contributed by atoms with Gasteiger partial charge in [0.2, 0.25) is 11.2 Å². The molecule has 0 aromatic rings. The molecule has 0 radical (unpaired) electrons. The molecule has 0 aromatic carbocycles. The van der Waals surface area contributed by atoms with E-state index in [-0.39, 0.29) is 18.8 Å². The van der Waals surface area contributed by atoms with Gasteiger partial charge in [-0.05, 0) is 25.2 Å². The standard InChI is InChI=1S/C9H12O6/c1-5-2-3-8(6(10)11)9(4-5,7(12)13)15-14-8/h5H,2-4H2,1H3,(H,10,11)(H,12,13). The molecule has 1 heterocycles. The molecular formula is C9H12O6. The Balaban J connectivity index is 2.39. The summed E-state index contributed by atoms with van der Waals surface area (Å²) in [5.74, 6) is -2.40. The van der Waals surface area contributed by atoms with Gasteiger partial charge in [0.1, 0.15) is 0 Å². The number of hydrogen-bond donors (Lipinski definition) is 2. The lowest BCUT2D eigenvalue weighted by molar-refractivity contribution is -0.536. The van der Waals surface area contributed by atoms with Crippen molar-refractivity contribution in [1.82, 2.24) is 0 Å². The molecule has 0 bridgehead atoms. The number of aliphatic carboxylic acids is 2. The quantitative estimate of drug-likeness (QED) is 0.649. The second-order valence-corrected chi connectivity index (χ2v) is 4.28. The van der Waals surface area contributed by atoms with Gasteiger partial charge in [-0.15, -0.1) is 0 Å². The van der Waals surface area contributed by atoms with Gasteiger partial charge in [-0.3, -0.25) is 0 Å². The first-order chi connectivity index (χ1) is 6.94. The first-order valence-electron chi connectivity index (χ1n) is 4.78. The zero-order chi connectivity index (χ0) is 11.3. The largest absolute Gasteiger partial charge is 0.479 e. The van der Waals surface area contributed by atoms with Crippen LogP contribution in [-0.2, 0) is 19.4 Å². The maximum Gasteiger partial charge on any atom is 0.343 e. The van der Waals surface area contributed by atoms with Crippen molar-refractivity contribution in [2.24, 2.45) is 5.92 Å².